The molecule has 0 spiro atoms. The predicted molar refractivity (Wildman–Crippen MR) is 102 cm³/mol. The molecular weight excluding hydrogens is 342 g/mol. The number of carbonyl (C=O) groups excluding carboxylic acids is 3. The summed E-state index contributed by atoms with van der Waals surface area (Å²) in [6.45, 7) is 1.63. The maximum atomic E-state index is 12.3. The third kappa shape index (κ3) is 5.17. The van der Waals surface area contributed by atoms with Gasteiger partial charge in [0, 0.05) is 38.2 Å². The van der Waals surface area contributed by atoms with Gasteiger partial charge in [0.2, 0.25) is 11.8 Å². The summed E-state index contributed by atoms with van der Waals surface area (Å²) in [7, 11) is 0. The van der Waals surface area contributed by atoms with Crippen LogP contribution in [0.1, 0.15) is 22.3 Å². The Morgan fingerprint density at radius 3 is 2.26 bits per heavy atom. The lowest BCUT2D eigenvalue weighted by Gasteiger charge is -2.16. The zero-order valence-electron chi connectivity index (χ0n) is 15.1. The Balaban J connectivity index is 1.40. The fourth-order valence-electron chi connectivity index (χ4n) is 3.10. The van der Waals surface area contributed by atoms with Crippen LogP contribution in [0, 0.1) is 5.92 Å². The van der Waals surface area contributed by atoms with E-state index in [1.165, 1.54) is 0 Å². The number of amides is 3. The molecule has 2 N–H and O–H groups in total. The highest BCUT2D eigenvalue weighted by molar-refractivity contribution is 5.94. The molecular formula is C21H23N3O3. The third-order valence-corrected chi connectivity index (χ3v) is 4.55. The van der Waals surface area contributed by atoms with E-state index < -0.39 is 0 Å². The van der Waals surface area contributed by atoms with E-state index in [2.05, 4.69) is 10.6 Å². The highest BCUT2D eigenvalue weighted by Gasteiger charge is 2.33. The summed E-state index contributed by atoms with van der Waals surface area (Å²) in [5.74, 6) is -0.662. The number of hydrogen-bond acceptors (Lipinski definition) is 3. The zero-order chi connectivity index (χ0) is 19.1. The van der Waals surface area contributed by atoms with Gasteiger partial charge in [0.25, 0.3) is 5.91 Å². The van der Waals surface area contributed by atoms with Crippen LogP contribution >= 0.6 is 0 Å². The molecule has 0 aromatic heterocycles. The van der Waals surface area contributed by atoms with E-state index in [4.69, 9.17) is 0 Å². The molecule has 3 amide bonds. The lowest BCUT2D eigenvalue weighted by molar-refractivity contribution is -0.129. The first kappa shape index (κ1) is 18.6. The van der Waals surface area contributed by atoms with E-state index in [1.807, 2.05) is 36.4 Å². The minimum absolute atomic E-state index is 0.00335. The topological polar surface area (TPSA) is 78.5 Å². The quantitative estimate of drug-likeness (QED) is 0.732. The third-order valence-electron chi connectivity index (χ3n) is 4.55. The summed E-state index contributed by atoms with van der Waals surface area (Å²) >= 11 is 0. The molecule has 0 radical (unpaired) electrons. The monoisotopic (exact) mass is 365 g/mol. The molecule has 1 heterocycles. The molecule has 140 valence electrons. The number of hydrogen-bond donors (Lipinski definition) is 2. The van der Waals surface area contributed by atoms with Crippen LogP contribution in [0.4, 0.5) is 0 Å². The minimum atomic E-state index is -0.342. The van der Waals surface area contributed by atoms with E-state index >= 15 is 0 Å². The standard InChI is InChI=1S/C21H23N3O3/c25-19-13-18(15-24(19)14-16-7-3-1-4-8-16)21(27)23-12-11-22-20(26)17-9-5-2-6-10-17/h1-10,18H,11-15H2,(H,22,26)(H,23,27)/t18-/m0/s1. The molecule has 2 aromatic carbocycles. The van der Waals surface area contributed by atoms with Gasteiger partial charge < -0.3 is 15.5 Å². The van der Waals surface area contributed by atoms with Gasteiger partial charge in [-0.05, 0) is 17.7 Å². The van der Waals surface area contributed by atoms with Gasteiger partial charge >= 0.3 is 0 Å². The molecule has 0 aliphatic carbocycles. The largest absolute Gasteiger partial charge is 0.354 e. The van der Waals surface area contributed by atoms with Gasteiger partial charge in [-0.15, -0.1) is 0 Å². The highest BCUT2D eigenvalue weighted by atomic mass is 16.2. The normalized spacial score (nSPS) is 16.2. The lowest BCUT2D eigenvalue weighted by atomic mass is 10.1. The smallest absolute Gasteiger partial charge is 0.251 e. The Morgan fingerprint density at radius 2 is 1.56 bits per heavy atom. The summed E-state index contributed by atoms with van der Waals surface area (Å²) in [5, 5.41) is 5.57. The molecule has 27 heavy (non-hydrogen) atoms. The maximum Gasteiger partial charge on any atom is 0.251 e. The number of rotatable bonds is 7. The molecule has 1 atom stereocenters. The maximum absolute atomic E-state index is 12.3. The Hall–Kier alpha value is -3.15. The average Bonchev–Trinajstić information content (AvgIpc) is 3.07. The first-order valence-electron chi connectivity index (χ1n) is 9.06. The van der Waals surface area contributed by atoms with Crippen LogP contribution in [0.2, 0.25) is 0 Å². The fourth-order valence-corrected chi connectivity index (χ4v) is 3.10. The molecule has 0 unspecified atom stereocenters. The van der Waals surface area contributed by atoms with Gasteiger partial charge in [-0.1, -0.05) is 48.5 Å². The first-order chi connectivity index (χ1) is 13.1. The second-order valence-corrected chi connectivity index (χ2v) is 6.57. The Morgan fingerprint density at radius 1 is 0.926 bits per heavy atom. The summed E-state index contributed by atoms with van der Waals surface area (Å²) in [5.41, 5.74) is 1.64. The predicted octanol–water partition coefficient (Wildman–Crippen LogP) is 1.58. The van der Waals surface area contributed by atoms with Crippen molar-refractivity contribution < 1.29 is 14.4 Å². The van der Waals surface area contributed by atoms with E-state index in [-0.39, 0.29) is 30.1 Å². The van der Waals surface area contributed by atoms with E-state index in [1.54, 1.807) is 29.2 Å². The van der Waals surface area contributed by atoms with Crippen LogP contribution in [0.3, 0.4) is 0 Å². The van der Waals surface area contributed by atoms with Crippen molar-refractivity contribution in [3.05, 3.63) is 71.8 Å². The van der Waals surface area contributed by atoms with Crippen molar-refractivity contribution in [2.24, 2.45) is 5.92 Å². The van der Waals surface area contributed by atoms with Crippen molar-refractivity contribution >= 4 is 17.7 Å². The van der Waals surface area contributed by atoms with Crippen molar-refractivity contribution in [3.63, 3.8) is 0 Å². The van der Waals surface area contributed by atoms with Crippen LogP contribution in [0.25, 0.3) is 0 Å². The molecule has 2 aromatic rings. The van der Waals surface area contributed by atoms with Crippen LogP contribution in [0.5, 0.6) is 0 Å². The fraction of sp³-hybridized carbons (Fsp3) is 0.286. The molecule has 0 bridgehead atoms. The number of likely N-dealkylation sites (tertiary alicyclic amines) is 1. The van der Waals surface area contributed by atoms with Crippen LogP contribution in [-0.2, 0) is 16.1 Å². The number of benzene rings is 2. The summed E-state index contributed by atoms with van der Waals surface area (Å²) in [6.07, 6.45) is 0.231. The van der Waals surface area contributed by atoms with Crippen molar-refractivity contribution in [1.82, 2.24) is 15.5 Å². The first-order valence-corrected chi connectivity index (χ1v) is 9.06. The molecule has 1 saturated heterocycles. The summed E-state index contributed by atoms with van der Waals surface area (Å²) < 4.78 is 0. The Kier molecular flexibility index (Phi) is 6.20. The molecule has 1 aliphatic rings. The van der Waals surface area contributed by atoms with E-state index in [0.717, 1.165) is 5.56 Å². The van der Waals surface area contributed by atoms with E-state index in [0.29, 0.717) is 31.7 Å². The van der Waals surface area contributed by atoms with Crippen LogP contribution in [-0.4, -0.2) is 42.3 Å². The summed E-state index contributed by atoms with van der Waals surface area (Å²) in [4.78, 5) is 38.1. The molecule has 1 aliphatic heterocycles. The van der Waals surface area contributed by atoms with Gasteiger partial charge in [-0.25, -0.2) is 0 Å². The zero-order valence-corrected chi connectivity index (χ0v) is 15.1. The second kappa shape index (κ2) is 8.98. The highest BCUT2D eigenvalue weighted by Crippen LogP contribution is 2.20. The van der Waals surface area contributed by atoms with Gasteiger partial charge in [0.05, 0.1) is 5.92 Å². The lowest BCUT2D eigenvalue weighted by Crippen LogP contribution is -2.38. The van der Waals surface area contributed by atoms with Gasteiger partial charge in [-0.2, -0.15) is 0 Å². The molecule has 6 nitrogen and oxygen atoms in total. The van der Waals surface area contributed by atoms with E-state index in [9.17, 15) is 14.4 Å². The summed E-state index contributed by atoms with van der Waals surface area (Å²) in [6, 6.07) is 18.7. The minimum Gasteiger partial charge on any atom is -0.354 e. The van der Waals surface area contributed by atoms with Crippen molar-refractivity contribution in [2.75, 3.05) is 19.6 Å². The molecule has 3 rings (SSSR count). The SMILES string of the molecule is O=C(NCCNC(=O)[C@H]1CC(=O)N(Cc2ccccc2)C1)c1ccccc1. The number of carbonyl (C=O) groups is 3. The van der Waals surface area contributed by atoms with Gasteiger partial charge in [0.1, 0.15) is 0 Å². The van der Waals surface area contributed by atoms with Gasteiger partial charge in [-0.3, -0.25) is 14.4 Å². The molecule has 6 heteroatoms. The second-order valence-electron chi connectivity index (χ2n) is 6.57. The van der Waals surface area contributed by atoms with Crippen molar-refractivity contribution in [2.45, 2.75) is 13.0 Å². The molecule has 1 fully saturated rings. The van der Waals surface area contributed by atoms with Crippen molar-refractivity contribution in [1.29, 1.82) is 0 Å². The number of nitrogens with one attached hydrogen (secondary N) is 2. The Labute approximate surface area is 158 Å². The Bertz CT molecular complexity index is 793. The van der Waals surface area contributed by atoms with Gasteiger partial charge in [0.15, 0.2) is 0 Å². The van der Waals surface area contributed by atoms with Crippen LogP contribution < -0.4 is 10.6 Å². The number of nitrogens with zero attached hydrogens (tertiary/aromatic N) is 1. The molecule has 0 saturated carbocycles. The van der Waals surface area contributed by atoms with Crippen LogP contribution in [0.15, 0.2) is 60.7 Å². The van der Waals surface area contributed by atoms with Crippen molar-refractivity contribution in [3.8, 4) is 0 Å². The average molecular weight is 365 g/mol.